The van der Waals surface area contributed by atoms with Gasteiger partial charge in [0.2, 0.25) is 5.91 Å². The lowest BCUT2D eigenvalue weighted by molar-refractivity contribution is -0.122. The standard InChI is InChI=1S/C22H27NO5/c1-4-7-15(2)21(24)23-12-6-9-16-8-5-10-18(20(16)23)28-14-19-17(11-13-27-19)22(25)26-3/h5,8,10-11,13,15H,4,6-7,9,12,14H2,1-3H3. The molecule has 1 aliphatic rings. The molecule has 0 saturated heterocycles. The second-order valence-electron chi connectivity index (χ2n) is 7.08. The van der Waals surface area contributed by atoms with Gasteiger partial charge in [0.1, 0.15) is 17.9 Å². The summed E-state index contributed by atoms with van der Waals surface area (Å²) in [7, 11) is 1.33. The van der Waals surface area contributed by atoms with Crippen LogP contribution in [-0.4, -0.2) is 25.5 Å². The van der Waals surface area contributed by atoms with Gasteiger partial charge in [-0.3, -0.25) is 4.79 Å². The molecule has 2 aromatic rings. The topological polar surface area (TPSA) is 69.0 Å². The van der Waals surface area contributed by atoms with Crippen molar-refractivity contribution >= 4 is 17.6 Å². The zero-order chi connectivity index (χ0) is 20.1. The number of fused-ring (bicyclic) bond motifs is 1. The zero-order valence-electron chi connectivity index (χ0n) is 16.7. The van der Waals surface area contributed by atoms with E-state index in [0.29, 0.717) is 23.6 Å². The summed E-state index contributed by atoms with van der Waals surface area (Å²) in [5.74, 6) is 0.665. The van der Waals surface area contributed by atoms with E-state index in [-0.39, 0.29) is 18.4 Å². The first kappa shape index (κ1) is 20.0. The molecule has 1 aliphatic heterocycles. The first-order valence-electron chi connectivity index (χ1n) is 9.77. The van der Waals surface area contributed by atoms with Crippen LogP contribution in [-0.2, 0) is 22.6 Å². The van der Waals surface area contributed by atoms with Gasteiger partial charge in [0.15, 0.2) is 5.76 Å². The highest BCUT2D eigenvalue weighted by Crippen LogP contribution is 2.38. The maximum atomic E-state index is 13.0. The molecule has 1 aromatic heterocycles. The number of hydrogen-bond acceptors (Lipinski definition) is 5. The van der Waals surface area contributed by atoms with Crippen molar-refractivity contribution in [1.29, 1.82) is 0 Å². The second kappa shape index (κ2) is 8.95. The van der Waals surface area contributed by atoms with E-state index in [1.165, 1.54) is 13.4 Å². The predicted molar refractivity (Wildman–Crippen MR) is 106 cm³/mol. The van der Waals surface area contributed by atoms with Crippen LogP contribution in [0.2, 0.25) is 0 Å². The number of esters is 1. The van der Waals surface area contributed by atoms with Crippen LogP contribution in [0.1, 0.15) is 54.8 Å². The minimum absolute atomic E-state index is 0.0278. The Morgan fingerprint density at radius 2 is 2.11 bits per heavy atom. The maximum Gasteiger partial charge on any atom is 0.341 e. The summed E-state index contributed by atoms with van der Waals surface area (Å²) in [5, 5.41) is 0. The number of rotatable bonds is 7. The molecule has 0 saturated carbocycles. The number of furan rings is 1. The number of amides is 1. The highest BCUT2D eigenvalue weighted by molar-refractivity contribution is 5.97. The number of anilines is 1. The van der Waals surface area contributed by atoms with Gasteiger partial charge in [-0.05, 0) is 37.0 Å². The lowest BCUT2D eigenvalue weighted by Crippen LogP contribution is -2.39. The lowest BCUT2D eigenvalue weighted by Gasteiger charge is -2.33. The molecule has 0 N–H and O–H groups in total. The SMILES string of the molecule is CCCC(C)C(=O)N1CCCc2cccc(OCc3occc3C(=O)OC)c21. The fourth-order valence-electron chi connectivity index (χ4n) is 3.66. The van der Waals surface area contributed by atoms with Crippen molar-refractivity contribution < 1.29 is 23.5 Å². The Labute approximate surface area is 165 Å². The van der Waals surface area contributed by atoms with Crippen LogP contribution in [0.25, 0.3) is 0 Å². The van der Waals surface area contributed by atoms with E-state index in [9.17, 15) is 9.59 Å². The summed E-state index contributed by atoms with van der Waals surface area (Å²) in [4.78, 5) is 26.7. The summed E-state index contributed by atoms with van der Waals surface area (Å²) in [5.41, 5.74) is 2.29. The first-order valence-corrected chi connectivity index (χ1v) is 9.77. The Hall–Kier alpha value is -2.76. The highest BCUT2D eigenvalue weighted by Gasteiger charge is 2.29. The molecule has 0 aliphatic carbocycles. The van der Waals surface area contributed by atoms with Crippen LogP contribution in [0.4, 0.5) is 5.69 Å². The first-order chi connectivity index (χ1) is 13.6. The molecule has 1 amide bonds. The number of hydrogen-bond donors (Lipinski definition) is 0. The summed E-state index contributed by atoms with van der Waals surface area (Å²) < 4.78 is 16.2. The predicted octanol–water partition coefficient (Wildman–Crippen LogP) is 4.36. The summed E-state index contributed by atoms with van der Waals surface area (Å²) in [6, 6.07) is 7.39. The van der Waals surface area contributed by atoms with Crippen LogP contribution in [0.3, 0.4) is 0 Å². The largest absolute Gasteiger partial charge is 0.483 e. The Morgan fingerprint density at radius 3 is 2.86 bits per heavy atom. The summed E-state index contributed by atoms with van der Waals surface area (Å²) in [6.07, 6.45) is 5.12. The van der Waals surface area contributed by atoms with E-state index < -0.39 is 5.97 Å². The number of methoxy groups -OCH3 is 1. The van der Waals surface area contributed by atoms with Crippen LogP contribution >= 0.6 is 0 Å². The number of carbonyl (C=O) groups is 2. The molecule has 150 valence electrons. The van der Waals surface area contributed by atoms with E-state index >= 15 is 0 Å². The van der Waals surface area contributed by atoms with Crippen molar-refractivity contribution in [2.75, 3.05) is 18.6 Å². The Morgan fingerprint density at radius 1 is 1.29 bits per heavy atom. The van der Waals surface area contributed by atoms with E-state index in [1.54, 1.807) is 6.07 Å². The fourth-order valence-corrected chi connectivity index (χ4v) is 3.66. The van der Waals surface area contributed by atoms with Crippen molar-refractivity contribution in [2.45, 2.75) is 46.1 Å². The molecule has 0 bridgehead atoms. The minimum atomic E-state index is -0.465. The second-order valence-corrected chi connectivity index (χ2v) is 7.08. The van der Waals surface area contributed by atoms with Crippen LogP contribution in [0.15, 0.2) is 34.9 Å². The molecule has 1 atom stereocenters. The molecule has 6 nitrogen and oxygen atoms in total. The average Bonchev–Trinajstić information content (AvgIpc) is 3.19. The lowest BCUT2D eigenvalue weighted by atomic mass is 9.97. The van der Waals surface area contributed by atoms with Gasteiger partial charge in [0, 0.05) is 12.5 Å². The molecule has 1 aromatic carbocycles. The molecule has 28 heavy (non-hydrogen) atoms. The van der Waals surface area contributed by atoms with Crippen molar-refractivity contribution in [3.05, 3.63) is 47.4 Å². The number of benzene rings is 1. The van der Waals surface area contributed by atoms with Gasteiger partial charge in [-0.25, -0.2) is 4.79 Å². The Balaban J connectivity index is 1.85. The van der Waals surface area contributed by atoms with Gasteiger partial charge in [-0.2, -0.15) is 0 Å². The fraction of sp³-hybridized carbons (Fsp3) is 0.455. The molecule has 0 spiro atoms. The number of ether oxygens (including phenoxy) is 2. The smallest absolute Gasteiger partial charge is 0.341 e. The van der Waals surface area contributed by atoms with Gasteiger partial charge >= 0.3 is 5.97 Å². The number of carbonyl (C=O) groups excluding carboxylic acids is 2. The monoisotopic (exact) mass is 385 g/mol. The third-order valence-corrected chi connectivity index (χ3v) is 5.10. The van der Waals surface area contributed by atoms with E-state index in [1.807, 2.05) is 30.0 Å². The van der Waals surface area contributed by atoms with Crippen LogP contribution in [0, 0.1) is 5.92 Å². The van der Waals surface area contributed by atoms with Gasteiger partial charge in [-0.15, -0.1) is 0 Å². The van der Waals surface area contributed by atoms with E-state index in [2.05, 4.69) is 6.92 Å². The van der Waals surface area contributed by atoms with Gasteiger partial charge < -0.3 is 18.8 Å². The normalized spacial score (nSPS) is 14.3. The molecule has 3 rings (SSSR count). The quantitative estimate of drug-likeness (QED) is 0.663. The van der Waals surface area contributed by atoms with E-state index in [0.717, 1.165) is 36.9 Å². The third kappa shape index (κ3) is 4.06. The summed E-state index contributed by atoms with van der Waals surface area (Å²) in [6.45, 7) is 4.84. The van der Waals surface area contributed by atoms with Crippen molar-refractivity contribution in [2.24, 2.45) is 5.92 Å². The molecular weight excluding hydrogens is 358 g/mol. The number of nitrogens with zero attached hydrogens (tertiary/aromatic N) is 1. The highest BCUT2D eigenvalue weighted by atomic mass is 16.5. The van der Waals surface area contributed by atoms with Crippen molar-refractivity contribution in [3.8, 4) is 5.75 Å². The van der Waals surface area contributed by atoms with E-state index in [4.69, 9.17) is 13.9 Å². The molecule has 0 fully saturated rings. The Bertz CT molecular complexity index is 841. The maximum absolute atomic E-state index is 13.0. The van der Waals surface area contributed by atoms with Gasteiger partial charge in [-0.1, -0.05) is 32.4 Å². The van der Waals surface area contributed by atoms with Crippen LogP contribution < -0.4 is 9.64 Å². The van der Waals surface area contributed by atoms with Gasteiger partial charge in [0.25, 0.3) is 0 Å². The average molecular weight is 385 g/mol. The van der Waals surface area contributed by atoms with Crippen LogP contribution in [0.5, 0.6) is 5.75 Å². The summed E-state index contributed by atoms with van der Waals surface area (Å²) >= 11 is 0. The zero-order valence-corrected chi connectivity index (χ0v) is 16.7. The molecule has 0 radical (unpaired) electrons. The Kier molecular flexibility index (Phi) is 6.39. The number of aryl methyl sites for hydroxylation is 1. The molecule has 1 unspecified atom stereocenters. The minimum Gasteiger partial charge on any atom is -0.483 e. The number of para-hydroxylation sites is 1. The van der Waals surface area contributed by atoms with Gasteiger partial charge in [0.05, 0.1) is 19.1 Å². The third-order valence-electron chi connectivity index (χ3n) is 5.10. The molecular formula is C22H27NO5. The van der Waals surface area contributed by atoms with Crippen molar-refractivity contribution in [3.63, 3.8) is 0 Å². The molecule has 6 heteroatoms. The molecule has 2 heterocycles. The van der Waals surface area contributed by atoms with Crippen molar-refractivity contribution in [1.82, 2.24) is 0 Å².